The summed E-state index contributed by atoms with van der Waals surface area (Å²) in [6.45, 7) is 3.94. The van der Waals surface area contributed by atoms with Crippen molar-refractivity contribution in [3.63, 3.8) is 0 Å². The lowest BCUT2D eigenvalue weighted by Crippen LogP contribution is -2.25. The first-order valence-corrected chi connectivity index (χ1v) is 7.89. The van der Waals surface area contributed by atoms with E-state index in [1.165, 1.54) is 19.3 Å². The topological polar surface area (TPSA) is 127 Å². The first kappa shape index (κ1) is 19.0. The Morgan fingerprint density at radius 3 is 2.58 bits per heavy atom. The van der Waals surface area contributed by atoms with E-state index in [9.17, 15) is 19.7 Å². The number of benzene rings is 1. The molecule has 1 aromatic carbocycles. The molecule has 138 valence electrons. The second-order valence-corrected chi connectivity index (χ2v) is 5.51. The Labute approximate surface area is 148 Å². The summed E-state index contributed by atoms with van der Waals surface area (Å²) < 4.78 is 11.1. The third-order valence-corrected chi connectivity index (χ3v) is 3.66. The predicted molar refractivity (Wildman–Crippen MR) is 96.6 cm³/mol. The number of rotatable bonds is 7. The maximum Gasteiger partial charge on any atom is 0.357 e. The van der Waals surface area contributed by atoms with Gasteiger partial charge in [0, 0.05) is 0 Å². The lowest BCUT2D eigenvalue weighted by Gasteiger charge is -2.15. The largest absolute Gasteiger partial charge is 0.493 e. The summed E-state index contributed by atoms with van der Waals surface area (Å²) in [5, 5.41) is 11.0. The summed E-state index contributed by atoms with van der Waals surface area (Å²) in [4.78, 5) is 37.2. The van der Waals surface area contributed by atoms with Crippen LogP contribution in [0.1, 0.15) is 31.5 Å². The summed E-state index contributed by atoms with van der Waals surface area (Å²) in [5.41, 5.74) is -2.16. The monoisotopic (exact) mass is 361 g/mol. The Morgan fingerprint density at radius 2 is 1.96 bits per heavy atom. The number of nitrogens with zero attached hydrogens (tertiary/aromatic N) is 1. The molecule has 9 heteroatoms. The molecule has 0 spiro atoms. The molecular formula is C17H19N3O6. The van der Waals surface area contributed by atoms with Crippen molar-refractivity contribution in [3.8, 4) is 11.5 Å². The molecule has 0 aliphatic rings. The van der Waals surface area contributed by atoms with Crippen LogP contribution in [-0.4, -0.2) is 28.1 Å². The lowest BCUT2D eigenvalue weighted by atomic mass is 10.1. The predicted octanol–water partition coefficient (Wildman–Crippen LogP) is 2.33. The van der Waals surface area contributed by atoms with E-state index in [1.54, 1.807) is 18.2 Å². The number of nitrogens with one attached hydrogen (secondary N) is 2. The van der Waals surface area contributed by atoms with E-state index >= 15 is 0 Å². The average molecular weight is 361 g/mol. The summed E-state index contributed by atoms with van der Waals surface area (Å²) in [6, 6.07) is 5.14. The molecule has 0 saturated heterocycles. The van der Waals surface area contributed by atoms with Gasteiger partial charge in [-0.1, -0.05) is 19.1 Å². The smallest absolute Gasteiger partial charge is 0.357 e. The molecule has 0 radical (unpaired) electrons. The molecule has 0 aliphatic carbocycles. The van der Waals surface area contributed by atoms with Gasteiger partial charge in [-0.3, -0.25) is 19.9 Å². The molecule has 0 fully saturated rings. The molecule has 1 heterocycles. The van der Waals surface area contributed by atoms with Crippen LogP contribution >= 0.6 is 0 Å². The van der Waals surface area contributed by atoms with Gasteiger partial charge in [-0.15, -0.1) is 0 Å². The quantitative estimate of drug-likeness (QED) is 0.575. The Balaban J connectivity index is 2.39. The third kappa shape index (κ3) is 4.38. The maximum atomic E-state index is 11.6. The van der Waals surface area contributed by atoms with Crippen LogP contribution in [-0.2, 0) is 0 Å². The van der Waals surface area contributed by atoms with Gasteiger partial charge in [-0.05, 0) is 37.1 Å². The summed E-state index contributed by atoms with van der Waals surface area (Å²) in [7, 11) is 1.51. The van der Waals surface area contributed by atoms with Crippen LogP contribution < -0.4 is 20.7 Å². The number of H-pyrrole nitrogens is 2. The van der Waals surface area contributed by atoms with Gasteiger partial charge in [0.25, 0.3) is 0 Å². The zero-order valence-electron chi connectivity index (χ0n) is 14.6. The number of aromatic nitrogens is 2. The normalized spacial score (nSPS) is 12.1. The summed E-state index contributed by atoms with van der Waals surface area (Å²) in [5.74, 6) is 1.08. The van der Waals surface area contributed by atoms with Crippen molar-refractivity contribution in [1.82, 2.24) is 9.97 Å². The van der Waals surface area contributed by atoms with Crippen LogP contribution in [0, 0.1) is 10.1 Å². The fourth-order valence-electron chi connectivity index (χ4n) is 2.16. The number of hydrogen-bond donors (Lipinski definition) is 2. The molecule has 1 atom stereocenters. The molecular weight excluding hydrogens is 342 g/mol. The van der Waals surface area contributed by atoms with Crippen LogP contribution in [0.2, 0.25) is 0 Å². The van der Waals surface area contributed by atoms with Gasteiger partial charge in [-0.2, -0.15) is 0 Å². The fraction of sp³-hybridized carbons (Fsp3) is 0.294. The molecule has 0 bridgehead atoms. The minimum absolute atomic E-state index is 0.0223. The van der Waals surface area contributed by atoms with Gasteiger partial charge in [0.05, 0.1) is 18.1 Å². The van der Waals surface area contributed by atoms with E-state index < -0.39 is 21.9 Å². The SMILES string of the molecule is CC[C@@H](C)Oc1ccc(/C=C/c2[nH]c(=O)[nH]c(=O)c2[N+](=O)[O-])cc1OC. The molecule has 2 rings (SSSR count). The second kappa shape index (κ2) is 8.15. The highest BCUT2D eigenvalue weighted by molar-refractivity contribution is 5.72. The second-order valence-electron chi connectivity index (χ2n) is 5.51. The van der Waals surface area contributed by atoms with Crippen molar-refractivity contribution in [3.05, 3.63) is 60.4 Å². The van der Waals surface area contributed by atoms with E-state index in [4.69, 9.17) is 9.47 Å². The van der Waals surface area contributed by atoms with Gasteiger partial charge in [0.1, 0.15) is 5.69 Å². The van der Waals surface area contributed by atoms with E-state index in [0.29, 0.717) is 17.1 Å². The van der Waals surface area contributed by atoms with Crippen molar-refractivity contribution in [1.29, 1.82) is 0 Å². The standard InChI is InChI=1S/C17H19N3O6/c1-4-10(2)26-13-8-6-11(9-14(13)25-3)5-7-12-15(20(23)24)16(21)19-17(22)18-12/h5-10H,4H2,1-3H3,(H2,18,19,21,22)/b7-5+/t10-/m1/s1. The first-order valence-electron chi connectivity index (χ1n) is 7.89. The number of ether oxygens (including phenoxy) is 2. The Kier molecular flexibility index (Phi) is 5.94. The van der Waals surface area contributed by atoms with E-state index in [2.05, 4.69) is 4.98 Å². The fourth-order valence-corrected chi connectivity index (χ4v) is 2.16. The maximum absolute atomic E-state index is 11.6. The van der Waals surface area contributed by atoms with Crippen molar-refractivity contribution in [2.45, 2.75) is 26.4 Å². The number of aromatic amines is 2. The van der Waals surface area contributed by atoms with E-state index in [1.807, 2.05) is 18.8 Å². The van der Waals surface area contributed by atoms with Crippen LogP contribution in [0.3, 0.4) is 0 Å². The van der Waals surface area contributed by atoms with Crippen molar-refractivity contribution in [2.24, 2.45) is 0 Å². The number of hydrogen-bond acceptors (Lipinski definition) is 6. The molecule has 2 aromatic rings. The lowest BCUT2D eigenvalue weighted by molar-refractivity contribution is -0.386. The van der Waals surface area contributed by atoms with E-state index in [0.717, 1.165) is 6.42 Å². The van der Waals surface area contributed by atoms with Crippen LogP contribution in [0.5, 0.6) is 11.5 Å². The van der Waals surface area contributed by atoms with Gasteiger partial charge < -0.3 is 14.5 Å². The zero-order valence-corrected chi connectivity index (χ0v) is 14.6. The average Bonchev–Trinajstić information content (AvgIpc) is 2.59. The summed E-state index contributed by atoms with van der Waals surface area (Å²) >= 11 is 0. The van der Waals surface area contributed by atoms with Gasteiger partial charge in [-0.25, -0.2) is 4.79 Å². The molecule has 0 unspecified atom stereocenters. The highest BCUT2D eigenvalue weighted by atomic mass is 16.6. The zero-order chi connectivity index (χ0) is 19.3. The number of nitro groups is 1. The molecule has 0 aliphatic heterocycles. The highest BCUT2D eigenvalue weighted by Crippen LogP contribution is 2.30. The third-order valence-electron chi connectivity index (χ3n) is 3.66. The van der Waals surface area contributed by atoms with Gasteiger partial charge in [0.15, 0.2) is 11.5 Å². The highest BCUT2D eigenvalue weighted by Gasteiger charge is 2.18. The molecule has 1 aromatic heterocycles. The molecule has 0 amide bonds. The minimum atomic E-state index is -1.06. The van der Waals surface area contributed by atoms with Gasteiger partial charge >= 0.3 is 16.9 Å². The summed E-state index contributed by atoms with van der Waals surface area (Å²) in [6.07, 6.45) is 3.67. The molecule has 0 saturated carbocycles. The van der Waals surface area contributed by atoms with Crippen LogP contribution in [0.4, 0.5) is 5.69 Å². The van der Waals surface area contributed by atoms with Crippen LogP contribution in [0.15, 0.2) is 27.8 Å². The Hall–Kier alpha value is -3.36. The number of methoxy groups -OCH3 is 1. The van der Waals surface area contributed by atoms with Gasteiger partial charge in [0.2, 0.25) is 0 Å². The van der Waals surface area contributed by atoms with Crippen molar-refractivity contribution >= 4 is 17.8 Å². The Morgan fingerprint density at radius 1 is 1.23 bits per heavy atom. The van der Waals surface area contributed by atoms with E-state index in [-0.39, 0.29) is 11.8 Å². The minimum Gasteiger partial charge on any atom is -0.493 e. The molecule has 9 nitrogen and oxygen atoms in total. The van der Waals surface area contributed by atoms with Crippen molar-refractivity contribution < 1.29 is 14.4 Å². The molecule has 26 heavy (non-hydrogen) atoms. The first-order chi connectivity index (χ1) is 12.3. The Bertz CT molecular complexity index is 944. The molecule has 2 N–H and O–H groups in total. The van der Waals surface area contributed by atoms with Crippen molar-refractivity contribution in [2.75, 3.05) is 7.11 Å². The van der Waals surface area contributed by atoms with Crippen LogP contribution in [0.25, 0.3) is 12.2 Å².